The molecular formula is C11H15NO. The number of likely N-dealkylation sites (N-methyl/N-ethyl adjacent to an activating group) is 1. The Bertz CT molecular complexity index is 286. The van der Waals surface area contributed by atoms with Crippen molar-refractivity contribution in [1.29, 1.82) is 0 Å². The van der Waals surface area contributed by atoms with Crippen LogP contribution in [0.5, 0.6) is 0 Å². The van der Waals surface area contributed by atoms with Gasteiger partial charge in [-0.05, 0) is 18.1 Å². The van der Waals surface area contributed by atoms with Gasteiger partial charge in [-0.3, -0.25) is 4.79 Å². The average molecular weight is 177 g/mol. The summed E-state index contributed by atoms with van der Waals surface area (Å²) in [6.07, 6.45) is 6.21. The van der Waals surface area contributed by atoms with Gasteiger partial charge in [-0.1, -0.05) is 24.8 Å². The second-order valence-corrected chi connectivity index (χ2v) is 3.17. The molecule has 0 saturated carbocycles. The number of amides is 1. The number of allylic oxidation sites excluding steroid dienone is 3. The summed E-state index contributed by atoms with van der Waals surface area (Å²) in [5.41, 5.74) is 2.32. The van der Waals surface area contributed by atoms with E-state index in [4.69, 9.17) is 0 Å². The molecule has 1 amide bonds. The molecule has 1 aliphatic heterocycles. The van der Waals surface area contributed by atoms with Crippen LogP contribution in [0.3, 0.4) is 0 Å². The van der Waals surface area contributed by atoms with Gasteiger partial charge in [0.1, 0.15) is 0 Å². The molecule has 0 radical (unpaired) electrons. The summed E-state index contributed by atoms with van der Waals surface area (Å²) in [7, 11) is 1.83. The number of hydrogen-bond donors (Lipinski definition) is 0. The van der Waals surface area contributed by atoms with Crippen molar-refractivity contribution < 1.29 is 4.79 Å². The number of likely N-dealkylation sites (tertiary alicyclic amines) is 1. The summed E-state index contributed by atoms with van der Waals surface area (Å²) in [6.45, 7) is 6.35. The van der Waals surface area contributed by atoms with Crippen molar-refractivity contribution in [2.45, 2.75) is 13.3 Å². The Balaban J connectivity index is 2.91. The van der Waals surface area contributed by atoms with Crippen LogP contribution in [-0.2, 0) is 4.79 Å². The molecule has 1 rings (SSSR count). The van der Waals surface area contributed by atoms with Gasteiger partial charge in [0.15, 0.2) is 0 Å². The zero-order valence-electron chi connectivity index (χ0n) is 8.21. The molecule has 0 aromatic carbocycles. The lowest BCUT2D eigenvalue weighted by molar-refractivity contribution is -0.129. The minimum absolute atomic E-state index is 0.179. The van der Waals surface area contributed by atoms with E-state index in [1.807, 2.05) is 20.0 Å². The molecule has 0 atom stereocenters. The van der Waals surface area contributed by atoms with Crippen molar-refractivity contribution in [2.24, 2.45) is 0 Å². The fourth-order valence-corrected chi connectivity index (χ4v) is 1.44. The molecule has 1 heterocycles. The SMILES string of the molecule is C=C/C=C1/CC(=O)N(C)C/C1=C/C. The van der Waals surface area contributed by atoms with E-state index in [0.717, 1.165) is 12.1 Å². The van der Waals surface area contributed by atoms with E-state index in [0.29, 0.717) is 6.42 Å². The lowest BCUT2D eigenvalue weighted by Gasteiger charge is -2.26. The van der Waals surface area contributed by atoms with Crippen molar-refractivity contribution in [1.82, 2.24) is 4.90 Å². The Kier molecular flexibility index (Phi) is 3.07. The van der Waals surface area contributed by atoms with Crippen LogP contribution in [-0.4, -0.2) is 24.4 Å². The molecule has 1 fully saturated rings. The molecular weight excluding hydrogens is 162 g/mol. The van der Waals surface area contributed by atoms with E-state index in [1.54, 1.807) is 11.0 Å². The third kappa shape index (κ3) is 2.08. The van der Waals surface area contributed by atoms with E-state index in [2.05, 4.69) is 12.7 Å². The number of carbonyl (C=O) groups excluding carboxylic acids is 1. The summed E-state index contributed by atoms with van der Waals surface area (Å²) < 4.78 is 0. The van der Waals surface area contributed by atoms with Crippen LogP contribution in [0, 0.1) is 0 Å². The van der Waals surface area contributed by atoms with E-state index in [1.165, 1.54) is 5.57 Å². The van der Waals surface area contributed by atoms with Gasteiger partial charge in [-0.2, -0.15) is 0 Å². The van der Waals surface area contributed by atoms with Gasteiger partial charge in [-0.15, -0.1) is 0 Å². The van der Waals surface area contributed by atoms with E-state index in [9.17, 15) is 4.79 Å². The van der Waals surface area contributed by atoms with Crippen LogP contribution in [0.15, 0.2) is 36.0 Å². The van der Waals surface area contributed by atoms with Crippen LogP contribution in [0.2, 0.25) is 0 Å². The first-order chi connectivity index (χ1) is 6.19. The zero-order chi connectivity index (χ0) is 9.84. The molecule has 0 N–H and O–H groups in total. The predicted molar refractivity (Wildman–Crippen MR) is 54.3 cm³/mol. The van der Waals surface area contributed by atoms with Crippen molar-refractivity contribution in [3.63, 3.8) is 0 Å². The van der Waals surface area contributed by atoms with Gasteiger partial charge >= 0.3 is 0 Å². The Morgan fingerprint density at radius 1 is 1.46 bits per heavy atom. The molecule has 0 aromatic rings. The molecule has 2 nitrogen and oxygen atoms in total. The molecule has 0 spiro atoms. The second kappa shape index (κ2) is 4.08. The molecule has 0 aromatic heterocycles. The van der Waals surface area contributed by atoms with Gasteiger partial charge in [-0.25, -0.2) is 0 Å². The summed E-state index contributed by atoms with van der Waals surface area (Å²) in [6, 6.07) is 0. The Morgan fingerprint density at radius 3 is 2.69 bits per heavy atom. The van der Waals surface area contributed by atoms with Crippen LogP contribution >= 0.6 is 0 Å². The third-order valence-electron chi connectivity index (χ3n) is 2.25. The van der Waals surface area contributed by atoms with Crippen LogP contribution in [0.25, 0.3) is 0 Å². The Labute approximate surface area is 79.2 Å². The number of nitrogens with zero attached hydrogens (tertiary/aromatic N) is 1. The first kappa shape index (κ1) is 9.78. The van der Waals surface area contributed by atoms with Gasteiger partial charge in [0.25, 0.3) is 0 Å². The topological polar surface area (TPSA) is 20.3 Å². The highest BCUT2D eigenvalue weighted by Gasteiger charge is 2.20. The fourth-order valence-electron chi connectivity index (χ4n) is 1.44. The largest absolute Gasteiger partial charge is 0.341 e. The maximum Gasteiger partial charge on any atom is 0.227 e. The third-order valence-corrected chi connectivity index (χ3v) is 2.25. The number of rotatable bonds is 1. The normalized spacial score (nSPS) is 24.2. The minimum Gasteiger partial charge on any atom is -0.341 e. The molecule has 0 unspecified atom stereocenters. The highest BCUT2D eigenvalue weighted by Crippen LogP contribution is 2.21. The molecule has 0 bridgehead atoms. The molecule has 1 saturated heterocycles. The van der Waals surface area contributed by atoms with Gasteiger partial charge < -0.3 is 4.90 Å². The van der Waals surface area contributed by atoms with E-state index >= 15 is 0 Å². The quantitative estimate of drug-likeness (QED) is 0.599. The molecule has 70 valence electrons. The zero-order valence-corrected chi connectivity index (χ0v) is 8.21. The highest BCUT2D eigenvalue weighted by atomic mass is 16.2. The fraction of sp³-hybridized carbons (Fsp3) is 0.364. The lowest BCUT2D eigenvalue weighted by atomic mass is 9.97. The second-order valence-electron chi connectivity index (χ2n) is 3.17. The minimum atomic E-state index is 0.179. The molecule has 2 heteroatoms. The standard InChI is InChI=1S/C11H15NO/c1-4-6-10-7-11(13)12(3)8-9(10)5-2/h4-6H,1,7-8H2,2-3H3/b9-5-,10-6-. The maximum absolute atomic E-state index is 11.4. The smallest absolute Gasteiger partial charge is 0.227 e. The predicted octanol–water partition coefficient (Wildman–Crippen LogP) is 1.91. The maximum atomic E-state index is 11.4. The number of hydrogen-bond acceptors (Lipinski definition) is 1. The monoisotopic (exact) mass is 177 g/mol. The van der Waals surface area contributed by atoms with Crippen LogP contribution in [0.1, 0.15) is 13.3 Å². The van der Waals surface area contributed by atoms with E-state index < -0.39 is 0 Å². The van der Waals surface area contributed by atoms with Crippen molar-refractivity contribution in [3.05, 3.63) is 36.0 Å². The summed E-state index contributed by atoms with van der Waals surface area (Å²) in [5, 5.41) is 0. The van der Waals surface area contributed by atoms with Gasteiger partial charge in [0.2, 0.25) is 5.91 Å². The molecule has 13 heavy (non-hydrogen) atoms. The first-order valence-electron chi connectivity index (χ1n) is 4.40. The molecule has 1 aliphatic rings. The lowest BCUT2D eigenvalue weighted by Crippen LogP contribution is -2.33. The van der Waals surface area contributed by atoms with Crippen LogP contribution in [0.4, 0.5) is 0 Å². The van der Waals surface area contributed by atoms with E-state index in [-0.39, 0.29) is 5.91 Å². The summed E-state index contributed by atoms with van der Waals surface area (Å²) in [4.78, 5) is 13.1. The van der Waals surface area contributed by atoms with Gasteiger partial charge in [0.05, 0.1) is 6.42 Å². The summed E-state index contributed by atoms with van der Waals surface area (Å²) >= 11 is 0. The van der Waals surface area contributed by atoms with Crippen molar-refractivity contribution in [3.8, 4) is 0 Å². The van der Waals surface area contributed by atoms with Crippen molar-refractivity contribution >= 4 is 5.91 Å². The van der Waals surface area contributed by atoms with Crippen molar-refractivity contribution in [2.75, 3.05) is 13.6 Å². The molecule has 0 aliphatic carbocycles. The number of piperidine rings is 1. The Morgan fingerprint density at radius 2 is 2.15 bits per heavy atom. The average Bonchev–Trinajstić information content (AvgIpc) is 2.11. The Hall–Kier alpha value is -1.31. The first-order valence-corrected chi connectivity index (χ1v) is 4.40. The number of carbonyl (C=O) groups is 1. The summed E-state index contributed by atoms with van der Waals surface area (Å²) in [5.74, 6) is 0.179. The van der Waals surface area contributed by atoms with Crippen LogP contribution < -0.4 is 0 Å². The highest BCUT2D eigenvalue weighted by molar-refractivity contribution is 5.82. The van der Waals surface area contributed by atoms with Gasteiger partial charge in [0, 0.05) is 13.6 Å².